The largest absolute Gasteiger partial charge is 0.439 e. The summed E-state index contributed by atoms with van der Waals surface area (Å²) in [5, 5.41) is 1.09. The van der Waals surface area contributed by atoms with E-state index in [1.165, 1.54) is 0 Å². The van der Waals surface area contributed by atoms with Crippen molar-refractivity contribution < 1.29 is 9.30 Å². The second-order valence-corrected chi connectivity index (χ2v) is 6.37. The molecule has 0 fully saturated rings. The number of aryl methyl sites for hydroxylation is 2. The summed E-state index contributed by atoms with van der Waals surface area (Å²) < 4.78 is 8.17. The second-order valence-electron chi connectivity index (χ2n) is 6.37. The van der Waals surface area contributed by atoms with Gasteiger partial charge >= 0.3 is 0 Å². The molecule has 0 unspecified atom stereocenters. The summed E-state index contributed by atoms with van der Waals surface area (Å²) in [6.45, 7) is 6.03. The van der Waals surface area contributed by atoms with Crippen molar-refractivity contribution in [2.45, 2.75) is 13.3 Å². The molecule has 26 heavy (non-hydrogen) atoms. The van der Waals surface area contributed by atoms with E-state index in [4.69, 9.17) is 4.74 Å². The number of hydrogen-bond acceptors (Lipinski definition) is 3. The Kier molecular flexibility index (Phi) is 4.09. The van der Waals surface area contributed by atoms with Crippen molar-refractivity contribution in [1.82, 2.24) is 4.98 Å². The van der Waals surface area contributed by atoms with E-state index in [0.29, 0.717) is 5.88 Å². The first-order valence-electron chi connectivity index (χ1n) is 8.57. The third kappa shape index (κ3) is 2.80. The van der Waals surface area contributed by atoms with Crippen LogP contribution in [0.2, 0.25) is 0 Å². The highest BCUT2D eigenvalue weighted by Gasteiger charge is 2.23. The molecular formula is C22H20N3O+. The first-order valence-corrected chi connectivity index (χ1v) is 8.57. The Labute approximate surface area is 152 Å². The number of hydrogen-bond donors (Lipinski definition) is 0. The number of rotatable bonds is 1. The molecule has 1 aliphatic heterocycles. The first-order chi connectivity index (χ1) is 12.6. The van der Waals surface area contributed by atoms with Crippen molar-refractivity contribution in [1.29, 1.82) is 0 Å². The Morgan fingerprint density at radius 2 is 2.00 bits per heavy atom. The number of para-hydroxylation sites is 1. The second kappa shape index (κ2) is 6.56. The van der Waals surface area contributed by atoms with E-state index in [1.807, 2.05) is 42.2 Å². The van der Waals surface area contributed by atoms with Gasteiger partial charge in [0, 0.05) is 6.21 Å². The van der Waals surface area contributed by atoms with E-state index in [9.17, 15) is 0 Å². The Morgan fingerprint density at radius 1 is 1.15 bits per heavy atom. The molecule has 0 saturated carbocycles. The van der Waals surface area contributed by atoms with Gasteiger partial charge in [-0.1, -0.05) is 30.3 Å². The highest BCUT2D eigenvalue weighted by Crippen LogP contribution is 2.39. The van der Waals surface area contributed by atoms with Gasteiger partial charge in [-0.3, -0.25) is 0 Å². The predicted octanol–water partition coefficient (Wildman–Crippen LogP) is 4.07. The van der Waals surface area contributed by atoms with Crippen LogP contribution in [-0.4, -0.2) is 11.2 Å². The molecule has 3 aromatic rings. The maximum atomic E-state index is 6.12. The summed E-state index contributed by atoms with van der Waals surface area (Å²) >= 11 is 0. The maximum absolute atomic E-state index is 6.12. The van der Waals surface area contributed by atoms with Crippen molar-refractivity contribution in [2.75, 3.05) is 0 Å². The number of ether oxygens (including phenoxy) is 1. The molecule has 128 valence electrons. The third-order valence-corrected chi connectivity index (χ3v) is 4.56. The van der Waals surface area contributed by atoms with Gasteiger partial charge in [0.15, 0.2) is 5.52 Å². The molecule has 1 aliphatic rings. The minimum atomic E-state index is 0.380. The fourth-order valence-corrected chi connectivity index (χ4v) is 3.32. The zero-order valence-electron chi connectivity index (χ0n) is 14.9. The lowest BCUT2D eigenvalue weighted by Crippen LogP contribution is -2.32. The van der Waals surface area contributed by atoms with E-state index < -0.39 is 0 Å². The van der Waals surface area contributed by atoms with Gasteiger partial charge in [-0.05, 0) is 54.2 Å². The van der Waals surface area contributed by atoms with Crippen LogP contribution in [0, 0.1) is 6.92 Å². The van der Waals surface area contributed by atoms with E-state index in [1.54, 1.807) is 6.21 Å². The van der Waals surface area contributed by atoms with Crippen LogP contribution in [0.4, 0.5) is 0 Å². The van der Waals surface area contributed by atoms with Crippen LogP contribution in [0.5, 0.6) is 5.75 Å². The van der Waals surface area contributed by atoms with Crippen molar-refractivity contribution in [3.8, 4) is 17.0 Å². The molecular weight excluding hydrogens is 322 g/mol. The summed E-state index contributed by atoms with van der Waals surface area (Å²) in [5.41, 5.74) is 5.32. The van der Waals surface area contributed by atoms with E-state index >= 15 is 0 Å². The van der Waals surface area contributed by atoms with Crippen LogP contribution in [0.1, 0.15) is 11.1 Å². The fraction of sp³-hybridized carbons (Fsp3) is 0.136. The molecule has 0 radical (unpaired) electrons. The Hall–Kier alpha value is -3.27. The van der Waals surface area contributed by atoms with Crippen LogP contribution in [-0.2, 0) is 13.5 Å². The fourth-order valence-electron chi connectivity index (χ4n) is 3.32. The van der Waals surface area contributed by atoms with Gasteiger partial charge in [0.2, 0.25) is 5.88 Å². The van der Waals surface area contributed by atoms with Crippen LogP contribution < -0.4 is 9.30 Å². The summed E-state index contributed by atoms with van der Waals surface area (Å²) in [7, 11) is 2.01. The Balaban J connectivity index is 2.06. The minimum Gasteiger partial charge on any atom is -0.439 e. The van der Waals surface area contributed by atoms with Gasteiger partial charge in [-0.25, -0.2) is 9.56 Å². The monoisotopic (exact) mass is 342 g/mol. The minimum absolute atomic E-state index is 0.380. The highest BCUT2D eigenvalue weighted by atomic mass is 16.5. The van der Waals surface area contributed by atoms with Gasteiger partial charge in [0.25, 0.3) is 6.33 Å². The zero-order valence-corrected chi connectivity index (χ0v) is 14.9. The number of allylic oxidation sites excluding steroid dienone is 2. The van der Waals surface area contributed by atoms with Gasteiger partial charge < -0.3 is 4.74 Å². The number of aliphatic imine (C=N–C) groups is 1. The summed E-state index contributed by atoms with van der Waals surface area (Å²) in [6.07, 6.45) is 8.33. The number of benzene rings is 2. The molecule has 0 atom stereocenters. The number of aromatic nitrogens is 2. The molecule has 4 heteroatoms. The van der Waals surface area contributed by atoms with Crippen molar-refractivity contribution >= 4 is 17.1 Å². The van der Waals surface area contributed by atoms with Crippen molar-refractivity contribution in [3.05, 3.63) is 78.5 Å². The summed E-state index contributed by atoms with van der Waals surface area (Å²) in [5.74, 6) is 1.19. The molecule has 0 bridgehead atoms. The van der Waals surface area contributed by atoms with Gasteiger partial charge in [0.05, 0.1) is 18.0 Å². The average molecular weight is 342 g/mol. The molecule has 0 aliphatic carbocycles. The highest BCUT2D eigenvalue weighted by molar-refractivity contribution is 5.93. The lowest BCUT2D eigenvalue weighted by atomic mass is 9.96. The van der Waals surface area contributed by atoms with Crippen LogP contribution in [0.3, 0.4) is 0 Å². The van der Waals surface area contributed by atoms with Gasteiger partial charge in [-0.2, -0.15) is 0 Å². The van der Waals surface area contributed by atoms with Crippen molar-refractivity contribution in [2.24, 2.45) is 12.0 Å². The van der Waals surface area contributed by atoms with E-state index in [0.717, 1.165) is 45.5 Å². The molecule has 0 saturated heterocycles. The van der Waals surface area contributed by atoms with E-state index in [2.05, 4.69) is 47.8 Å². The number of fused-ring (bicyclic) bond motifs is 2. The zero-order chi connectivity index (χ0) is 18.1. The molecule has 4 rings (SSSR count). The van der Waals surface area contributed by atoms with Gasteiger partial charge in [-0.15, -0.1) is 0 Å². The quantitative estimate of drug-likeness (QED) is 0.625. The average Bonchev–Trinajstić information content (AvgIpc) is 2.73. The van der Waals surface area contributed by atoms with Gasteiger partial charge in [0.1, 0.15) is 11.4 Å². The normalized spacial score (nSPS) is 14.9. The Morgan fingerprint density at radius 3 is 2.88 bits per heavy atom. The topological polar surface area (TPSA) is 38.4 Å². The lowest BCUT2D eigenvalue weighted by Gasteiger charge is -2.17. The SMILES string of the molecule is C=C1N=C/C=C\Cc2ccc(C)c(-c3c4ccccc4nc[n+]3C)c2O1. The standard InChI is InChI=1S/C22H20N3O/c1-15-11-12-17-8-6-7-13-23-16(2)26-22(17)20(15)21-18-9-4-5-10-19(18)24-14-25(21)3/h4-7,9-14H,2,8H2,1,3H3/q+1/b7-6-,23-13?. The summed E-state index contributed by atoms with van der Waals surface area (Å²) in [6, 6.07) is 12.4. The van der Waals surface area contributed by atoms with Crippen molar-refractivity contribution in [3.63, 3.8) is 0 Å². The maximum Gasteiger partial charge on any atom is 0.287 e. The Bertz CT molecular complexity index is 1080. The molecule has 0 amide bonds. The molecule has 0 spiro atoms. The van der Waals surface area contributed by atoms with Crippen LogP contribution in [0.15, 0.2) is 72.3 Å². The molecule has 2 aromatic carbocycles. The molecule has 4 nitrogen and oxygen atoms in total. The molecule has 0 N–H and O–H groups in total. The smallest absolute Gasteiger partial charge is 0.287 e. The first kappa shape index (κ1) is 16.2. The van der Waals surface area contributed by atoms with E-state index in [-0.39, 0.29) is 0 Å². The van der Waals surface area contributed by atoms with Crippen LogP contribution >= 0.6 is 0 Å². The third-order valence-electron chi connectivity index (χ3n) is 4.56. The summed E-state index contributed by atoms with van der Waals surface area (Å²) in [4.78, 5) is 8.79. The molecule has 2 heterocycles. The predicted molar refractivity (Wildman–Crippen MR) is 104 cm³/mol. The van der Waals surface area contributed by atoms with Crippen LogP contribution in [0.25, 0.3) is 22.2 Å². The number of nitrogens with zero attached hydrogens (tertiary/aromatic N) is 3. The lowest BCUT2D eigenvalue weighted by molar-refractivity contribution is -0.662. The molecule has 1 aromatic heterocycles.